The first kappa shape index (κ1) is 13.0. The van der Waals surface area contributed by atoms with Crippen LogP contribution in [0.25, 0.3) is 0 Å². The molecule has 86 valence electrons. The molecule has 0 aromatic heterocycles. The number of non-ortho nitro benzene ring substituents is 1. The maximum Gasteiger partial charge on any atom is 0.274 e. The number of halogens is 2. The summed E-state index contributed by atoms with van der Waals surface area (Å²) in [5, 5.41) is 10.6. The molecule has 0 heterocycles. The average molecular weight is 307 g/mol. The zero-order valence-corrected chi connectivity index (χ0v) is 10.6. The second-order valence-corrected chi connectivity index (χ2v) is 4.06. The molecule has 16 heavy (non-hydrogen) atoms. The lowest BCUT2D eigenvalue weighted by Crippen LogP contribution is -1.95. The molecule has 0 aliphatic heterocycles. The van der Waals surface area contributed by atoms with Gasteiger partial charge < -0.3 is 4.74 Å². The number of hydrogen-bond donors (Lipinski definition) is 0. The molecule has 0 saturated heterocycles. The van der Waals surface area contributed by atoms with E-state index in [1.165, 1.54) is 12.1 Å². The maximum atomic E-state index is 10.6. The van der Waals surface area contributed by atoms with Gasteiger partial charge in [0.25, 0.3) is 5.69 Å². The molecule has 0 atom stereocenters. The Labute approximate surface area is 106 Å². The summed E-state index contributed by atoms with van der Waals surface area (Å²) in [5.41, 5.74) is -0.00861. The van der Waals surface area contributed by atoms with E-state index in [1.807, 2.05) is 0 Å². The van der Waals surface area contributed by atoms with Crippen LogP contribution < -0.4 is 4.74 Å². The molecule has 4 nitrogen and oxygen atoms in total. The molecule has 0 radical (unpaired) electrons. The SMILES string of the molecule is O=[N+]([O-])c1cc(Br)cc(OC/C=C/CCl)c1. The monoisotopic (exact) mass is 305 g/mol. The van der Waals surface area contributed by atoms with Crippen LogP contribution in [0, 0.1) is 10.1 Å². The highest BCUT2D eigenvalue weighted by Crippen LogP contribution is 2.26. The van der Waals surface area contributed by atoms with Crippen LogP contribution in [-0.4, -0.2) is 17.4 Å². The van der Waals surface area contributed by atoms with Gasteiger partial charge >= 0.3 is 0 Å². The van der Waals surface area contributed by atoms with Crippen molar-refractivity contribution in [3.8, 4) is 5.75 Å². The van der Waals surface area contributed by atoms with Crippen molar-refractivity contribution in [3.05, 3.63) is 44.9 Å². The van der Waals surface area contributed by atoms with E-state index in [4.69, 9.17) is 16.3 Å². The second kappa shape index (κ2) is 6.50. The van der Waals surface area contributed by atoms with E-state index in [9.17, 15) is 10.1 Å². The average Bonchev–Trinajstić information content (AvgIpc) is 2.23. The predicted molar refractivity (Wildman–Crippen MR) is 66.2 cm³/mol. The number of benzene rings is 1. The zero-order chi connectivity index (χ0) is 12.0. The van der Waals surface area contributed by atoms with E-state index in [1.54, 1.807) is 18.2 Å². The van der Waals surface area contributed by atoms with Crippen LogP contribution in [0.5, 0.6) is 5.75 Å². The fourth-order valence-corrected chi connectivity index (χ4v) is 1.60. The third kappa shape index (κ3) is 4.20. The minimum atomic E-state index is -0.466. The Morgan fingerprint density at radius 1 is 1.44 bits per heavy atom. The van der Waals surface area contributed by atoms with Crippen molar-refractivity contribution in [2.75, 3.05) is 12.5 Å². The molecule has 0 unspecified atom stereocenters. The van der Waals surface area contributed by atoms with Crippen molar-refractivity contribution in [2.24, 2.45) is 0 Å². The molecule has 0 saturated carbocycles. The number of allylic oxidation sites excluding steroid dienone is 1. The fraction of sp³-hybridized carbons (Fsp3) is 0.200. The van der Waals surface area contributed by atoms with Gasteiger partial charge in [0, 0.05) is 16.4 Å². The summed E-state index contributed by atoms with van der Waals surface area (Å²) in [5.74, 6) is 0.863. The van der Waals surface area contributed by atoms with Gasteiger partial charge in [0.1, 0.15) is 12.4 Å². The molecule has 0 N–H and O–H groups in total. The van der Waals surface area contributed by atoms with Gasteiger partial charge in [-0.15, -0.1) is 11.6 Å². The van der Waals surface area contributed by atoms with Crippen molar-refractivity contribution < 1.29 is 9.66 Å². The van der Waals surface area contributed by atoms with E-state index in [0.29, 0.717) is 22.7 Å². The van der Waals surface area contributed by atoms with Crippen LogP contribution in [0.15, 0.2) is 34.8 Å². The van der Waals surface area contributed by atoms with E-state index in [0.717, 1.165) is 0 Å². The van der Waals surface area contributed by atoms with Gasteiger partial charge in [-0.05, 0) is 6.07 Å². The summed E-state index contributed by atoms with van der Waals surface area (Å²) in [6, 6.07) is 4.46. The third-order valence-corrected chi connectivity index (χ3v) is 2.30. The highest BCUT2D eigenvalue weighted by molar-refractivity contribution is 9.10. The zero-order valence-electron chi connectivity index (χ0n) is 8.23. The van der Waals surface area contributed by atoms with Gasteiger partial charge in [0.05, 0.1) is 11.0 Å². The highest BCUT2D eigenvalue weighted by atomic mass is 79.9. The minimum Gasteiger partial charge on any atom is -0.489 e. The number of alkyl halides is 1. The highest BCUT2D eigenvalue weighted by Gasteiger charge is 2.08. The van der Waals surface area contributed by atoms with Crippen LogP contribution in [0.4, 0.5) is 5.69 Å². The Morgan fingerprint density at radius 3 is 2.81 bits per heavy atom. The number of nitro benzene ring substituents is 1. The first-order chi connectivity index (χ1) is 7.63. The third-order valence-electron chi connectivity index (χ3n) is 1.67. The van der Waals surface area contributed by atoms with Gasteiger partial charge in [-0.2, -0.15) is 0 Å². The van der Waals surface area contributed by atoms with Gasteiger partial charge in [-0.1, -0.05) is 28.1 Å². The van der Waals surface area contributed by atoms with E-state index in [2.05, 4.69) is 15.9 Å². The normalized spacial score (nSPS) is 10.6. The summed E-state index contributed by atoms with van der Waals surface area (Å²) < 4.78 is 5.91. The molecular formula is C10H9BrClNO3. The molecule has 1 rings (SSSR count). The van der Waals surface area contributed by atoms with Gasteiger partial charge in [-0.3, -0.25) is 10.1 Å². The maximum absolute atomic E-state index is 10.6. The lowest BCUT2D eigenvalue weighted by Gasteiger charge is -2.03. The lowest BCUT2D eigenvalue weighted by molar-refractivity contribution is -0.385. The quantitative estimate of drug-likeness (QED) is 0.362. The number of ether oxygens (including phenoxy) is 1. The number of hydrogen-bond acceptors (Lipinski definition) is 3. The first-order valence-electron chi connectivity index (χ1n) is 4.42. The predicted octanol–water partition coefficient (Wildman–Crippen LogP) is 3.53. The van der Waals surface area contributed by atoms with Crippen molar-refractivity contribution in [1.82, 2.24) is 0 Å². The Kier molecular flexibility index (Phi) is 5.28. The summed E-state index contributed by atoms with van der Waals surface area (Å²) in [6.07, 6.45) is 3.49. The topological polar surface area (TPSA) is 52.4 Å². The smallest absolute Gasteiger partial charge is 0.274 e. The molecule has 0 fully saturated rings. The lowest BCUT2D eigenvalue weighted by atomic mass is 10.3. The van der Waals surface area contributed by atoms with Crippen LogP contribution in [0.3, 0.4) is 0 Å². The molecule has 6 heteroatoms. The molecule has 0 bridgehead atoms. The van der Waals surface area contributed by atoms with Gasteiger partial charge in [-0.25, -0.2) is 0 Å². The number of rotatable bonds is 5. The van der Waals surface area contributed by atoms with Crippen LogP contribution >= 0.6 is 27.5 Å². The molecule has 0 aliphatic rings. The number of nitro groups is 1. The van der Waals surface area contributed by atoms with E-state index < -0.39 is 4.92 Å². The molecule has 0 aliphatic carbocycles. The number of nitrogens with zero attached hydrogens (tertiary/aromatic N) is 1. The molecule has 1 aromatic carbocycles. The molecule has 0 spiro atoms. The van der Waals surface area contributed by atoms with E-state index >= 15 is 0 Å². The Bertz CT molecular complexity index is 409. The van der Waals surface area contributed by atoms with Crippen molar-refractivity contribution in [2.45, 2.75) is 0 Å². The van der Waals surface area contributed by atoms with Crippen molar-refractivity contribution in [3.63, 3.8) is 0 Å². The van der Waals surface area contributed by atoms with E-state index in [-0.39, 0.29) is 5.69 Å². The summed E-state index contributed by atoms with van der Waals surface area (Å²) in [7, 11) is 0. The fourth-order valence-electron chi connectivity index (χ4n) is 1.01. The first-order valence-corrected chi connectivity index (χ1v) is 5.75. The van der Waals surface area contributed by atoms with Crippen LogP contribution in [0.2, 0.25) is 0 Å². The standard InChI is InChI=1S/C10H9BrClNO3/c11-8-5-9(13(14)15)7-10(6-8)16-4-2-1-3-12/h1-2,5-7H,3-4H2/b2-1+. The van der Waals surface area contributed by atoms with Crippen LogP contribution in [-0.2, 0) is 0 Å². The Morgan fingerprint density at radius 2 is 2.19 bits per heavy atom. The second-order valence-electron chi connectivity index (χ2n) is 2.84. The summed E-state index contributed by atoms with van der Waals surface area (Å²) >= 11 is 8.62. The minimum absolute atomic E-state index is 0.00861. The van der Waals surface area contributed by atoms with Gasteiger partial charge in [0.15, 0.2) is 0 Å². The Hall–Kier alpha value is -1.07. The molecule has 0 amide bonds. The summed E-state index contributed by atoms with van der Waals surface area (Å²) in [6.45, 7) is 0.334. The van der Waals surface area contributed by atoms with Gasteiger partial charge in [0.2, 0.25) is 0 Å². The summed E-state index contributed by atoms with van der Waals surface area (Å²) in [4.78, 5) is 10.1. The molecule has 1 aromatic rings. The van der Waals surface area contributed by atoms with Crippen LogP contribution in [0.1, 0.15) is 0 Å². The van der Waals surface area contributed by atoms with Crippen molar-refractivity contribution in [1.29, 1.82) is 0 Å². The largest absolute Gasteiger partial charge is 0.489 e. The molecular weight excluding hydrogens is 297 g/mol. The Balaban J connectivity index is 2.72. The van der Waals surface area contributed by atoms with Crippen molar-refractivity contribution >= 4 is 33.2 Å².